The standard InChI is InChI=1S/C30H35FN4S2/c1-21-8-6-7-9-28(21)22(2)18-30(35-24(4)29(37-31)20-33-35)32-19-25-14-16-34(17-15-25)23(3)26-10-12-27(36-5)13-11-26/h6-13,18,20,25,32H,2-3,14-17,19H2,1,4-5H3/b30-18-. The van der Waals surface area contributed by atoms with Crippen LogP contribution in [0.25, 0.3) is 17.1 Å². The zero-order chi connectivity index (χ0) is 26.4. The molecule has 1 aromatic heterocycles. The number of thioether (sulfide) groups is 1. The molecule has 2 aromatic carbocycles. The van der Waals surface area contributed by atoms with Crippen molar-refractivity contribution in [2.24, 2.45) is 5.92 Å². The summed E-state index contributed by atoms with van der Waals surface area (Å²) in [6, 6.07) is 16.8. The van der Waals surface area contributed by atoms with E-state index < -0.39 is 0 Å². The number of halogens is 1. The maximum atomic E-state index is 13.4. The number of allylic oxidation sites excluding steroid dienone is 2. The molecule has 0 spiro atoms. The van der Waals surface area contributed by atoms with E-state index in [0.717, 1.165) is 66.4 Å². The number of hydrogen-bond acceptors (Lipinski definition) is 5. The second-order valence-corrected chi connectivity index (χ2v) is 10.9. The van der Waals surface area contributed by atoms with Gasteiger partial charge in [0.15, 0.2) is 0 Å². The van der Waals surface area contributed by atoms with E-state index in [-0.39, 0.29) is 12.1 Å². The topological polar surface area (TPSA) is 33.1 Å². The molecule has 194 valence electrons. The molecule has 1 aliphatic rings. The molecule has 4 nitrogen and oxygen atoms in total. The van der Waals surface area contributed by atoms with Gasteiger partial charge >= 0.3 is 0 Å². The van der Waals surface area contributed by atoms with Crippen molar-refractivity contribution in [2.45, 2.75) is 36.5 Å². The minimum absolute atomic E-state index is 0.225. The number of aromatic nitrogens is 2. The monoisotopic (exact) mass is 534 g/mol. The molecule has 4 rings (SSSR count). The number of piperidine rings is 1. The van der Waals surface area contributed by atoms with E-state index >= 15 is 0 Å². The van der Waals surface area contributed by atoms with E-state index in [0.29, 0.717) is 10.8 Å². The maximum Gasteiger partial charge on any atom is 0.128 e. The average Bonchev–Trinajstić information content (AvgIpc) is 3.31. The lowest BCUT2D eigenvalue weighted by Gasteiger charge is -2.35. The highest BCUT2D eigenvalue weighted by atomic mass is 32.2. The largest absolute Gasteiger partial charge is 0.372 e. The highest BCUT2D eigenvalue weighted by molar-refractivity contribution is 7.98. The van der Waals surface area contributed by atoms with Gasteiger partial charge in [-0.15, -0.1) is 11.8 Å². The van der Waals surface area contributed by atoms with Crippen LogP contribution in [0.4, 0.5) is 3.89 Å². The van der Waals surface area contributed by atoms with Crippen LogP contribution in [0.1, 0.15) is 35.2 Å². The first-order chi connectivity index (χ1) is 17.9. The van der Waals surface area contributed by atoms with E-state index in [1.165, 1.54) is 10.5 Å². The van der Waals surface area contributed by atoms with Crippen LogP contribution in [0.3, 0.4) is 0 Å². The number of nitrogens with one attached hydrogen (secondary N) is 1. The molecule has 1 aliphatic heterocycles. The Kier molecular flexibility index (Phi) is 9.22. The Hall–Kier alpha value is -2.90. The summed E-state index contributed by atoms with van der Waals surface area (Å²) in [7, 11) is 0. The van der Waals surface area contributed by atoms with Crippen LogP contribution in [0.5, 0.6) is 0 Å². The molecular formula is C30H35FN4S2. The Morgan fingerprint density at radius 3 is 2.43 bits per heavy atom. The number of rotatable bonds is 10. The van der Waals surface area contributed by atoms with Gasteiger partial charge in [0.05, 0.1) is 28.9 Å². The third-order valence-electron chi connectivity index (χ3n) is 7.07. The SMILES string of the molecule is C=C(/C=C(/NCC1CCN(C(=C)c2ccc(SC)cc2)CC1)n1ncc(SF)c1C)c1ccccc1C. The molecule has 7 heteroatoms. The van der Waals surface area contributed by atoms with Gasteiger partial charge in [0.2, 0.25) is 0 Å². The fraction of sp³-hybridized carbons (Fsp3) is 0.300. The Bertz CT molecular complexity index is 1270. The van der Waals surface area contributed by atoms with E-state index in [4.69, 9.17) is 0 Å². The van der Waals surface area contributed by atoms with Gasteiger partial charge in [-0.1, -0.05) is 49.6 Å². The minimum Gasteiger partial charge on any atom is -0.372 e. The molecule has 0 radical (unpaired) electrons. The molecule has 1 N–H and O–H groups in total. The highest BCUT2D eigenvalue weighted by Crippen LogP contribution is 2.28. The summed E-state index contributed by atoms with van der Waals surface area (Å²) in [6.07, 6.45) is 7.83. The van der Waals surface area contributed by atoms with Crippen LogP contribution in [0, 0.1) is 19.8 Å². The van der Waals surface area contributed by atoms with Crippen molar-refractivity contribution in [2.75, 3.05) is 25.9 Å². The molecule has 0 atom stereocenters. The molecule has 0 bridgehead atoms. The third kappa shape index (κ3) is 6.51. The fourth-order valence-electron chi connectivity index (χ4n) is 4.70. The van der Waals surface area contributed by atoms with E-state index in [1.54, 1.807) is 22.6 Å². The minimum atomic E-state index is 0.225. The van der Waals surface area contributed by atoms with Gasteiger partial charge in [-0.2, -0.15) is 8.98 Å². The Labute approximate surface area is 229 Å². The number of benzene rings is 2. The Morgan fingerprint density at radius 2 is 1.81 bits per heavy atom. The summed E-state index contributed by atoms with van der Waals surface area (Å²) in [5, 5.41) is 8.08. The zero-order valence-electron chi connectivity index (χ0n) is 21.8. The van der Waals surface area contributed by atoms with Crippen LogP contribution >= 0.6 is 23.9 Å². The lowest BCUT2D eigenvalue weighted by atomic mass is 9.95. The number of nitrogens with zero attached hydrogens (tertiary/aromatic N) is 3. The first-order valence-corrected chi connectivity index (χ1v) is 14.5. The van der Waals surface area contributed by atoms with E-state index in [9.17, 15) is 3.89 Å². The normalized spacial score (nSPS) is 14.6. The van der Waals surface area contributed by atoms with Crippen molar-refractivity contribution in [3.63, 3.8) is 0 Å². The first kappa shape index (κ1) is 27.1. The smallest absolute Gasteiger partial charge is 0.128 e. The lowest BCUT2D eigenvalue weighted by Crippen LogP contribution is -2.36. The molecule has 2 heterocycles. The van der Waals surface area contributed by atoms with Gasteiger partial charge in [-0.3, -0.25) is 0 Å². The summed E-state index contributed by atoms with van der Waals surface area (Å²) >= 11 is 1.98. The average molecular weight is 535 g/mol. The molecule has 0 amide bonds. The third-order valence-corrected chi connectivity index (χ3v) is 8.38. The molecule has 37 heavy (non-hydrogen) atoms. The Morgan fingerprint density at radius 1 is 1.11 bits per heavy atom. The van der Waals surface area contributed by atoms with Crippen molar-refractivity contribution in [1.82, 2.24) is 20.0 Å². The molecule has 0 aliphatic carbocycles. The summed E-state index contributed by atoms with van der Waals surface area (Å²) < 4.78 is 15.2. The van der Waals surface area contributed by atoms with E-state index in [1.807, 2.05) is 25.1 Å². The van der Waals surface area contributed by atoms with Crippen LogP contribution in [-0.4, -0.2) is 40.6 Å². The van der Waals surface area contributed by atoms with Crippen molar-refractivity contribution < 1.29 is 3.89 Å². The quantitative estimate of drug-likeness (QED) is 0.213. The van der Waals surface area contributed by atoms with Crippen molar-refractivity contribution in [3.8, 4) is 0 Å². The molecule has 3 aromatic rings. The number of aryl methyl sites for hydroxylation is 1. The first-order valence-electron chi connectivity index (χ1n) is 12.5. The van der Waals surface area contributed by atoms with Gasteiger partial charge in [-0.25, -0.2) is 4.68 Å². The summed E-state index contributed by atoms with van der Waals surface area (Å²) in [5.74, 6) is 1.33. The van der Waals surface area contributed by atoms with Crippen molar-refractivity contribution in [1.29, 1.82) is 0 Å². The van der Waals surface area contributed by atoms with Crippen molar-refractivity contribution in [3.05, 3.63) is 96.3 Å². The fourth-order valence-corrected chi connectivity index (χ4v) is 5.39. The Balaban J connectivity index is 1.43. The molecule has 1 saturated heterocycles. The summed E-state index contributed by atoms with van der Waals surface area (Å²) in [5.41, 5.74) is 6.19. The van der Waals surface area contributed by atoms with Crippen molar-refractivity contribution >= 4 is 41.0 Å². The van der Waals surface area contributed by atoms with Gasteiger partial charge in [0, 0.05) is 30.2 Å². The van der Waals surface area contributed by atoms with Crippen LogP contribution in [0.2, 0.25) is 0 Å². The number of hydrogen-bond donors (Lipinski definition) is 1. The van der Waals surface area contributed by atoms with E-state index in [2.05, 4.69) is 78.1 Å². The highest BCUT2D eigenvalue weighted by Gasteiger charge is 2.22. The second kappa shape index (κ2) is 12.6. The molecule has 0 unspecified atom stereocenters. The lowest BCUT2D eigenvalue weighted by molar-refractivity contribution is 0.254. The predicted molar refractivity (Wildman–Crippen MR) is 158 cm³/mol. The van der Waals surface area contributed by atoms with Crippen LogP contribution < -0.4 is 5.32 Å². The van der Waals surface area contributed by atoms with Crippen LogP contribution in [-0.2, 0) is 0 Å². The van der Waals surface area contributed by atoms with Crippen LogP contribution in [0.15, 0.2) is 83.8 Å². The molecule has 0 saturated carbocycles. The summed E-state index contributed by atoms with van der Waals surface area (Å²) in [6.45, 7) is 15.4. The van der Waals surface area contributed by atoms with Gasteiger partial charge in [0.1, 0.15) is 5.82 Å². The molecule has 1 fully saturated rings. The summed E-state index contributed by atoms with van der Waals surface area (Å²) in [4.78, 5) is 4.18. The van der Waals surface area contributed by atoms with Gasteiger partial charge in [0.25, 0.3) is 0 Å². The van der Waals surface area contributed by atoms with Gasteiger partial charge < -0.3 is 10.2 Å². The number of likely N-dealkylation sites (tertiary alicyclic amines) is 1. The zero-order valence-corrected chi connectivity index (χ0v) is 23.5. The maximum absolute atomic E-state index is 13.4. The predicted octanol–water partition coefficient (Wildman–Crippen LogP) is 7.68. The molecular weight excluding hydrogens is 499 g/mol. The van der Waals surface area contributed by atoms with Gasteiger partial charge in [-0.05, 0) is 79.3 Å². The second-order valence-electron chi connectivity index (χ2n) is 9.44.